The van der Waals surface area contributed by atoms with Gasteiger partial charge in [0.15, 0.2) is 34.6 Å². The number of esters is 1. The third kappa shape index (κ3) is 7.60. The molecule has 8 nitrogen and oxygen atoms in total. The minimum atomic E-state index is -1.22. The molecule has 0 unspecified atom stereocenters. The summed E-state index contributed by atoms with van der Waals surface area (Å²) in [6.45, 7) is 0. The van der Waals surface area contributed by atoms with Gasteiger partial charge in [0.25, 0.3) is 0 Å². The van der Waals surface area contributed by atoms with Gasteiger partial charge in [0.05, 0.1) is 35.5 Å². The Hall–Kier alpha value is -4.33. The van der Waals surface area contributed by atoms with Crippen LogP contribution in [0.25, 0.3) is 12.2 Å². The van der Waals surface area contributed by atoms with Crippen molar-refractivity contribution in [3.8, 4) is 23.0 Å². The topological polar surface area (TPSA) is 97.4 Å². The maximum absolute atomic E-state index is 12.9. The quantitative estimate of drug-likeness (QED) is 0.256. The van der Waals surface area contributed by atoms with Crippen molar-refractivity contribution in [2.75, 3.05) is 35.5 Å². The van der Waals surface area contributed by atoms with Gasteiger partial charge in [-0.05, 0) is 47.5 Å². The number of ketones is 2. The fourth-order valence-corrected chi connectivity index (χ4v) is 3.05. The number of carbonyl (C=O) groups is 3. The van der Waals surface area contributed by atoms with Crippen molar-refractivity contribution in [2.24, 2.45) is 5.92 Å². The van der Waals surface area contributed by atoms with Gasteiger partial charge in [-0.1, -0.05) is 30.4 Å². The lowest BCUT2D eigenvalue weighted by Crippen LogP contribution is -2.19. The molecule has 0 spiro atoms. The Morgan fingerprint density at radius 3 is 1.43 bits per heavy atom. The first kappa shape index (κ1) is 26.9. The van der Waals surface area contributed by atoms with Crippen molar-refractivity contribution in [1.82, 2.24) is 0 Å². The van der Waals surface area contributed by atoms with Gasteiger partial charge in [0.1, 0.15) is 5.92 Å². The number of benzene rings is 2. The van der Waals surface area contributed by atoms with Gasteiger partial charge in [-0.25, -0.2) is 4.79 Å². The average molecular weight is 481 g/mol. The van der Waals surface area contributed by atoms with Crippen LogP contribution >= 0.6 is 0 Å². The molecule has 0 radical (unpaired) electrons. The van der Waals surface area contributed by atoms with Gasteiger partial charge in [-0.2, -0.15) is 0 Å². The summed E-state index contributed by atoms with van der Waals surface area (Å²) >= 11 is 0. The summed E-state index contributed by atoms with van der Waals surface area (Å²) in [6, 6.07) is 10.3. The summed E-state index contributed by atoms with van der Waals surface area (Å²) in [7, 11) is 7.27. The van der Waals surface area contributed by atoms with Crippen LogP contribution in [0.5, 0.6) is 23.0 Å². The number of allylic oxidation sites excluding steroid dienone is 3. The Morgan fingerprint density at radius 1 is 0.629 bits per heavy atom. The van der Waals surface area contributed by atoms with Crippen molar-refractivity contribution in [1.29, 1.82) is 0 Å². The van der Waals surface area contributed by atoms with E-state index in [0.717, 1.165) is 6.08 Å². The summed E-state index contributed by atoms with van der Waals surface area (Å²) in [6.07, 6.45) is 7.91. The van der Waals surface area contributed by atoms with E-state index in [-0.39, 0.29) is 0 Å². The van der Waals surface area contributed by atoms with E-state index in [1.807, 2.05) is 0 Å². The lowest BCUT2D eigenvalue weighted by molar-refractivity contribution is -0.134. The molecule has 0 bridgehead atoms. The van der Waals surface area contributed by atoms with Crippen molar-refractivity contribution in [3.05, 3.63) is 71.8 Å². The van der Waals surface area contributed by atoms with E-state index < -0.39 is 23.5 Å². The molecule has 0 saturated heterocycles. The van der Waals surface area contributed by atoms with Gasteiger partial charge in [-0.15, -0.1) is 0 Å². The Morgan fingerprint density at radius 2 is 1.06 bits per heavy atom. The molecule has 35 heavy (non-hydrogen) atoms. The highest BCUT2D eigenvalue weighted by molar-refractivity contribution is 6.15. The second-order valence-corrected chi connectivity index (χ2v) is 7.06. The van der Waals surface area contributed by atoms with Crippen molar-refractivity contribution >= 4 is 29.7 Å². The molecular formula is C27H28O8. The molecule has 0 heterocycles. The van der Waals surface area contributed by atoms with Crippen LogP contribution in [0, 0.1) is 5.92 Å². The van der Waals surface area contributed by atoms with Crippen LogP contribution in [0.4, 0.5) is 0 Å². The first-order valence-electron chi connectivity index (χ1n) is 10.5. The maximum atomic E-state index is 12.9. The van der Waals surface area contributed by atoms with E-state index in [1.54, 1.807) is 48.6 Å². The molecule has 0 aliphatic rings. The molecule has 2 aromatic rings. The Kier molecular flexibility index (Phi) is 10.3. The highest BCUT2D eigenvalue weighted by Gasteiger charge is 2.20. The Bertz CT molecular complexity index is 1070. The van der Waals surface area contributed by atoms with Gasteiger partial charge in [0.2, 0.25) is 0 Å². The zero-order chi connectivity index (χ0) is 25.8. The second kappa shape index (κ2) is 13.4. The predicted octanol–water partition coefficient (Wildman–Crippen LogP) is 3.93. The standard InChI is InChI=1S/C27H28O8/c1-31-23-13-8-18(16-25(23)33-3)6-11-21(28)20(10-15-27(30)35-5)22(29)12-7-19-9-14-24(32-2)26(17-19)34-4/h6-17,20H,1-5H3/b11-6+,12-7+,15-10+. The highest BCUT2D eigenvalue weighted by atomic mass is 16.5. The molecule has 2 aromatic carbocycles. The van der Waals surface area contributed by atoms with Crippen LogP contribution in [-0.4, -0.2) is 53.1 Å². The van der Waals surface area contributed by atoms with Crippen molar-refractivity contribution in [2.45, 2.75) is 0 Å². The number of rotatable bonds is 12. The van der Waals surface area contributed by atoms with E-state index in [9.17, 15) is 14.4 Å². The molecule has 0 fully saturated rings. The molecule has 0 aromatic heterocycles. The summed E-state index contributed by atoms with van der Waals surface area (Å²) in [5.74, 6) is -0.832. The molecule has 0 saturated carbocycles. The normalized spacial score (nSPS) is 11.3. The van der Waals surface area contributed by atoms with Gasteiger partial charge >= 0.3 is 5.97 Å². The Balaban J connectivity index is 2.28. The zero-order valence-electron chi connectivity index (χ0n) is 20.3. The highest BCUT2D eigenvalue weighted by Crippen LogP contribution is 2.29. The molecule has 8 heteroatoms. The second-order valence-electron chi connectivity index (χ2n) is 7.06. The first-order chi connectivity index (χ1) is 16.9. The van der Waals surface area contributed by atoms with Crippen LogP contribution in [0.3, 0.4) is 0 Å². The number of ether oxygens (including phenoxy) is 5. The monoisotopic (exact) mass is 480 g/mol. The molecule has 184 valence electrons. The zero-order valence-corrected chi connectivity index (χ0v) is 20.3. The third-order valence-electron chi connectivity index (χ3n) is 4.93. The fraction of sp³-hybridized carbons (Fsp3) is 0.222. The van der Waals surface area contributed by atoms with Crippen LogP contribution < -0.4 is 18.9 Å². The van der Waals surface area contributed by atoms with Gasteiger partial charge in [0, 0.05) is 6.08 Å². The first-order valence-corrected chi connectivity index (χ1v) is 10.5. The SMILES string of the molecule is COC(=O)/C=C/C(C(=O)/C=C/c1ccc(OC)c(OC)c1)C(=O)/C=C/c1ccc(OC)c(OC)c1. The molecular weight excluding hydrogens is 452 g/mol. The summed E-state index contributed by atoms with van der Waals surface area (Å²) in [5, 5.41) is 0. The summed E-state index contributed by atoms with van der Waals surface area (Å²) < 4.78 is 25.5. The summed E-state index contributed by atoms with van der Waals surface area (Å²) in [5.41, 5.74) is 1.33. The van der Waals surface area contributed by atoms with E-state index >= 15 is 0 Å². The Labute approximate surface area is 204 Å². The van der Waals surface area contributed by atoms with Crippen LogP contribution in [0.2, 0.25) is 0 Å². The van der Waals surface area contributed by atoms with Gasteiger partial charge < -0.3 is 23.7 Å². The fourth-order valence-electron chi connectivity index (χ4n) is 3.05. The lowest BCUT2D eigenvalue weighted by atomic mass is 9.96. The van der Waals surface area contributed by atoms with E-state index in [4.69, 9.17) is 18.9 Å². The predicted molar refractivity (Wildman–Crippen MR) is 132 cm³/mol. The minimum absolute atomic E-state index is 0.498. The molecule has 0 aliphatic carbocycles. The number of methoxy groups -OCH3 is 5. The van der Waals surface area contributed by atoms with E-state index in [2.05, 4.69) is 4.74 Å². The average Bonchev–Trinajstić information content (AvgIpc) is 2.89. The van der Waals surface area contributed by atoms with E-state index in [1.165, 1.54) is 53.8 Å². The largest absolute Gasteiger partial charge is 0.493 e. The summed E-state index contributed by atoms with van der Waals surface area (Å²) in [4.78, 5) is 37.4. The smallest absolute Gasteiger partial charge is 0.330 e. The molecule has 0 N–H and O–H groups in total. The third-order valence-corrected chi connectivity index (χ3v) is 4.93. The molecule has 0 atom stereocenters. The number of hydrogen-bond donors (Lipinski definition) is 0. The minimum Gasteiger partial charge on any atom is -0.493 e. The van der Waals surface area contributed by atoms with Crippen molar-refractivity contribution in [3.63, 3.8) is 0 Å². The van der Waals surface area contributed by atoms with Crippen LogP contribution in [0.15, 0.2) is 60.7 Å². The molecule has 2 rings (SSSR count). The molecule has 0 aliphatic heterocycles. The molecule has 0 amide bonds. The number of hydrogen-bond acceptors (Lipinski definition) is 8. The van der Waals surface area contributed by atoms with Crippen LogP contribution in [-0.2, 0) is 19.1 Å². The van der Waals surface area contributed by atoms with Crippen LogP contribution in [0.1, 0.15) is 11.1 Å². The van der Waals surface area contributed by atoms with Gasteiger partial charge in [-0.3, -0.25) is 9.59 Å². The number of carbonyl (C=O) groups excluding carboxylic acids is 3. The van der Waals surface area contributed by atoms with Crippen molar-refractivity contribution < 1.29 is 38.1 Å². The maximum Gasteiger partial charge on any atom is 0.330 e. The van der Waals surface area contributed by atoms with E-state index in [0.29, 0.717) is 34.1 Å². The lowest BCUT2D eigenvalue weighted by Gasteiger charge is -2.09.